The number of nitrogens with zero attached hydrogens (tertiary/aromatic N) is 4. The van der Waals surface area contributed by atoms with Crippen LogP contribution < -0.4 is 16.4 Å². The maximum absolute atomic E-state index is 13.4. The predicted octanol–water partition coefficient (Wildman–Crippen LogP) is 2.30. The number of rotatable bonds is 5. The molecule has 2 amide bonds. The van der Waals surface area contributed by atoms with E-state index in [2.05, 4.69) is 25.0 Å². The predicted molar refractivity (Wildman–Crippen MR) is 110 cm³/mol. The average molecular weight is 445 g/mol. The van der Waals surface area contributed by atoms with E-state index in [0.29, 0.717) is 23.8 Å². The molecule has 4 N–H and O–H groups in total. The molecule has 160 valence electrons. The lowest BCUT2D eigenvalue weighted by Gasteiger charge is -2.36. The van der Waals surface area contributed by atoms with Crippen LogP contribution in [-0.4, -0.2) is 50.2 Å². The molecule has 9 nitrogen and oxygen atoms in total. The smallest absolute Gasteiger partial charge is 0.274 e. The number of anilines is 3. The Morgan fingerprint density at radius 1 is 1.23 bits per heavy atom. The maximum Gasteiger partial charge on any atom is 0.274 e. The molecule has 0 saturated carbocycles. The molecule has 0 atom stereocenters. The molecule has 12 heteroatoms. The van der Waals surface area contributed by atoms with Crippen LogP contribution in [0.25, 0.3) is 0 Å². The number of carbonyl (C=O) groups is 2. The average Bonchev–Trinajstić information content (AvgIpc) is 3.08. The van der Waals surface area contributed by atoms with Crippen molar-refractivity contribution in [1.82, 2.24) is 19.2 Å². The van der Waals surface area contributed by atoms with E-state index in [1.54, 1.807) is 11.8 Å². The third-order valence-electron chi connectivity index (χ3n) is 4.56. The fraction of sp³-hybridized carbons (Fsp3) is 0.211. The second-order valence-corrected chi connectivity index (χ2v) is 7.71. The number of benzene rings is 1. The van der Waals surface area contributed by atoms with E-state index in [1.807, 2.05) is 0 Å². The van der Waals surface area contributed by atoms with Crippen LogP contribution in [0, 0.1) is 18.6 Å². The molecule has 2 aromatic heterocycles. The lowest BCUT2D eigenvalue weighted by molar-refractivity contribution is 0.0601. The van der Waals surface area contributed by atoms with Gasteiger partial charge in [-0.1, -0.05) is 0 Å². The summed E-state index contributed by atoms with van der Waals surface area (Å²) < 4.78 is 30.7. The molecule has 31 heavy (non-hydrogen) atoms. The van der Waals surface area contributed by atoms with Gasteiger partial charge in [-0.25, -0.2) is 13.8 Å². The summed E-state index contributed by atoms with van der Waals surface area (Å²) in [5.41, 5.74) is 6.59. The van der Waals surface area contributed by atoms with Crippen molar-refractivity contribution in [3.05, 3.63) is 59.2 Å². The highest BCUT2D eigenvalue weighted by Crippen LogP contribution is 2.28. The zero-order chi connectivity index (χ0) is 22.1. The van der Waals surface area contributed by atoms with Crippen LogP contribution in [-0.2, 0) is 0 Å². The van der Waals surface area contributed by atoms with Gasteiger partial charge < -0.3 is 21.3 Å². The first-order chi connectivity index (χ1) is 14.8. The quantitative estimate of drug-likeness (QED) is 0.550. The minimum atomic E-state index is -1.07. The van der Waals surface area contributed by atoms with E-state index in [4.69, 9.17) is 5.73 Å². The lowest BCUT2D eigenvalue weighted by Crippen LogP contribution is -2.57. The summed E-state index contributed by atoms with van der Waals surface area (Å²) in [5.74, 6) is -2.68. The Bertz CT molecular complexity index is 1160. The standard InChI is InChI=1S/C19H17F2N7O2S/c1-9-16(17(29)24-11-2-3-12(20)13(21)4-11)18(31-27-9)26-15-6-23-5-14(25-15)19(30)28-7-10(22)8-28/h2-6,10H,7-8,22H2,1H3,(H,24,29)(H,25,26). The fourth-order valence-corrected chi connectivity index (χ4v) is 3.78. The molecule has 3 heterocycles. The SMILES string of the molecule is Cc1nsc(Nc2cncc(C(=O)N3CC(N)C3)n2)c1C(=O)Nc1ccc(F)c(F)c1. The normalized spacial score (nSPS) is 13.6. The van der Waals surface area contributed by atoms with Crippen molar-refractivity contribution in [3.8, 4) is 0 Å². The van der Waals surface area contributed by atoms with Crippen molar-refractivity contribution < 1.29 is 18.4 Å². The molecule has 0 spiro atoms. The van der Waals surface area contributed by atoms with E-state index >= 15 is 0 Å². The molecule has 3 aromatic rings. The number of aromatic nitrogens is 3. The van der Waals surface area contributed by atoms with Crippen LogP contribution in [0.4, 0.5) is 25.3 Å². The van der Waals surface area contributed by atoms with Crippen molar-refractivity contribution in [2.75, 3.05) is 23.7 Å². The first-order valence-corrected chi connectivity index (χ1v) is 9.95. The maximum atomic E-state index is 13.4. The Labute approximate surface area is 179 Å². The van der Waals surface area contributed by atoms with Crippen LogP contribution in [0.5, 0.6) is 0 Å². The van der Waals surface area contributed by atoms with Crippen molar-refractivity contribution >= 4 is 39.9 Å². The number of hydrogen-bond acceptors (Lipinski definition) is 8. The fourth-order valence-electron chi connectivity index (χ4n) is 2.98. The number of hydrogen-bond donors (Lipinski definition) is 3. The van der Waals surface area contributed by atoms with Crippen molar-refractivity contribution in [3.63, 3.8) is 0 Å². The summed E-state index contributed by atoms with van der Waals surface area (Å²) in [6.45, 7) is 2.56. The molecule has 1 aliphatic heterocycles. The van der Waals surface area contributed by atoms with Gasteiger partial charge in [0.15, 0.2) is 11.6 Å². The molecule has 1 fully saturated rings. The second kappa shape index (κ2) is 8.32. The Hall–Kier alpha value is -3.51. The van der Waals surface area contributed by atoms with E-state index < -0.39 is 17.5 Å². The lowest BCUT2D eigenvalue weighted by atomic mass is 10.1. The number of amides is 2. The first kappa shape index (κ1) is 20.8. The summed E-state index contributed by atoms with van der Waals surface area (Å²) >= 11 is 1.02. The third-order valence-corrected chi connectivity index (χ3v) is 5.41. The summed E-state index contributed by atoms with van der Waals surface area (Å²) in [6, 6.07) is 3.03. The van der Waals surface area contributed by atoms with E-state index in [9.17, 15) is 18.4 Å². The number of carbonyl (C=O) groups excluding carboxylic acids is 2. The van der Waals surface area contributed by atoms with Crippen molar-refractivity contribution in [2.24, 2.45) is 5.73 Å². The van der Waals surface area contributed by atoms with Gasteiger partial charge in [-0.15, -0.1) is 0 Å². The number of nitrogens with one attached hydrogen (secondary N) is 2. The molecule has 0 bridgehead atoms. The van der Waals surface area contributed by atoms with E-state index in [1.165, 1.54) is 18.5 Å². The van der Waals surface area contributed by atoms with Gasteiger partial charge in [-0.3, -0.25) is 14.6 Å². The Balaban J connectivity index is 1.52. The highest BCUT2D eigenvalue weighted by atomic mass is 32.1. The zero-order valence-electron chi connectivity index (χ0n) is 16.2. The second-order valence-electron chi connectivity index (χ2n) is 6.94. The largest absolute Gasteiger partial charge is 0.334 e. The molecular weight excluding hydrogens is 428 g/mol. The Morgan fingerprint density at radius 3 is 2.71 bits per heavy atom. The highest BCUT2D eigenvalue weighted by molar-refractivity contribution is 7.10. The summed E-state index contributed by atoms with van der Waals surface area (Å²) in [5, 5.41) is 5.83. The van der Waals surface area contributed by atoms with E-state index in [-0.39, 0.29) is 34.7 Å². The van der Waals surface area contributed by atoms with Crippen LogP contribution in [0.3, 0.4) is 0 Å². The minimum absolute atomic E-state index is 0.0333. The van der Waals surface area contributed by atoms with Gasteiger partial charge in [0.05, 0.1) is 23.7 Å². The van der Waals surface area contributed by atoms with Crippen LogP contribution in [0.15, 0.2) is 30.6 Å². The van der Waals surface area contributed by atoms with Gasteiger partial charge >= 0.3 is 0 Å². The number of aryl methyl sites for hydroxylation is 1. The van der Waals surface area contributed by atoms with Gasteiger partial charge in [-0.2, -0.15) is 4.37 Å². The van der Waals surface area contributed by atoms with E-state index in [0.717, 1.165) is 23.7 Å². The molecule has 1 saturated heterocycles. The van der Waals surface area contributed by atoms with Gasteiger partial charge in [0, 0.05) is 30.9 Å². The number of likely N-dealkylation sites (tertiary alicyclic amines) is 1. The van der Waals surface area contributed by atoms with Crippen molar-refractivity contribution in [1.29, 1.82) is 0 Å². The van der Waals surface area contributed by atoms with Crippen molar-refractivity contribution in [2.45, 2.75) is 13.0 Å². The topological polar surface area (TPSA) is 126 Å². The van der Waals surface area contributed by atoms with Crippen LogP contribution in [0.2, 0.25) is 0 Å². The highest BCUT2D eigenvalue weighted by Gasteiger charge is 2.29. The number of nitrogens with two attached hydrogens (primary N) is 1. The van der Waals surface area contributed by atoms with Gasteiger partial charge in [0.25, 0.3) is 11.8 Å². The molecule has 1 aromatic carbocycles. The zero-order valence-corrected chi connectivity index (χ0v) is 17.0. The third kappa shape index (κ3) is 4.34. The number of halogens is 2. The first-order valence-electron chi connectivity index (χ1n) is 9.18. The Morgan fingerprint density at radius 2 is 2.00 bits per heavy atom. The van der Waals surface area contributed by atoms with Gasteiger partial charge in [0.1, 0.15) is 16.5 Å². The van der Waals surface area contributed by atoms with Crippen LogP contribution >= 0.6 is 11.5 Å². The van der Waals surface area contributed by atoms with Gasteiger partial charge in [-0.05, 0) is 30.6 Å². The monoisotopic (exact) mass is 445 g/mol. The Kier molecular flexibility index (Phi) is 5.57. The summed E-state index contributed by atoms with van der Waals surface area (Å²) in [6.07, 6.45) is 2.76. The van der Waals surface area contributed by atoms with Gasteiger partial charge in [0.2, 0.25) is 0 Å². The van der Waals surface area contributed by atoms with Crippen LogP contribution in [0.1, 0.15) is 26.5 Å². The summed E-state index contributed by atoms with van der Waals surface area (Å²) in [7, 11) is 0. The molecular formula is C19H17F2N7O2S. The molecule has 0 aliphatic carbocycles. The molecule has 0 radical (unpaired) electrons. The molecule has 1 aliphatic rings. The summed E-state index contributed by atoms with van der Waals surface area (Å²) in [4.78, 5) is 35.0. The molecule has 0 unspecified atom stereocenters. The minimum Gasteiger partial charge on any atom is -0.334 e. The molecule has 4 rings (SSSR count).